The van der Waals surface area contributed by atoms with E-state index in [9.17, 15) is 5.11 Å². The van der Waals surface area contributed by atoms with Crippen LogP contribution in [0.25, 0.3) is 0 Å². The lowest BCUT2D eigenvalue weighted by Gasteiger charge is -2.15. The summed E-state index contributed by atoms with van der Waals surface area (Å²) < 4.78 is 5.23. The molecule has 0 aliphatic heterocycles. The third-order valence-electron chi connectivity index (χ3n) is 2.74. The van der Waals surface area contributed by atoms with E-state index in [-0.39, 0.29) is 0 Å². The number of aryl methyl sites for hydroxylation is 1. The minimum atomic E-state index is -0.773. The molecule has 0 radical (unpaired) electrons. The fraction of sp³-hybridized carbons (Fsp3) is 0.214. The Morgan fingerprint density at radius 3 is 2.67 bits per heavy atom. The van der Waals surface area contributed by atoms with Crippen LogP contribution >= 0.6 is 11.6 Å². The highest BCUT2D eigenvalue weighted by atomic mass is 35.5. The van der Waals surface area contributed by atoms with Crippen LogP contribution in [0.5, 0.6) is 5.75 Å². The van der Waals surface area contributed by atoms with Crippen molar-refractivity contribution in [1.82, 2.24) is 4.98 Å². The largest absolute Gasteiger partial charge is 0.496 e. The molecule has 0 bridgehead atoms. The predicted octanol–water partition coefficient (Wildman–Crippen LogP) is 3.13. The summed E-state index contributed by atoms with van der Waals surface area (Å²) in [5.74, 6) is 0.565. The van der Waals surface area contributed by atoms with Crippen LogP contribution in [-0.2, 0) is 0 Å². The van der Waals surface area contributed by atoms with Gasteiger partial charge < -0.3 is 9.84 Å². The summed E-state index contributed by atoms with van der Waals surface area (Å²) in [6.07, 6.45) is 0.888. The van der Waals surface area contributed by atoms with Gasteiger partial charge in [-0.2, -0.15) is 0 Å². The third kappa shape index (κ3) is 2.63. The molecule has 1 unspecified atom stereocenters. The van der Waals surface area contributed by atoms with Gasteiger partial charge in [0.2, 0.25) is 0 Å². The number of rotatable bonds is 3. The first-order chi connectivity index (χ1) is 8.61. The van der Waals surface area contributed by atoms with Gasteiger partial charge in [-0.1, -0.05) is 23.7 Å². The van der Waals surface area contributed by atoms with Gasteiger partial charge in [-0.15, -0.1) is 0 Å². The maximum absolute atomic E-state index is 10.3. The van der Waals surface area contributed by atoms with E-state index in [0.29, 0.717) is 16.3 Å². The van der Waals surface area contributed by atoms with E-state index in [4.69, 9.17) is 16.3 Å². The number of aromatic nitrogens is 1. The lowest BCUT2D eigenvalue weighted by Crippen LogP contribution is -2.03. The molecule has 3 nitrogen and oxygen atoms in total. The Hall–Kier alpha value is -1.58. The molecule has 2 aromatic rings. The van der Waals surface area contributed by atoms with Crippen LogP contribution in [0, 0.1) is 6.92 Å². The minimum Gasteiger partial charge on any atom is -0.496 e. The summed E-state index contributed by atoms with van der Waals surface area (Å²) in [4.78, 5) is 4.17. The topological polar surface area (TPSA) is 42.4 Å². The summed E-state index contributed by atoms with van der Waals surface area (Å²) in [7, 11) is 1.55. The highest BCUT2D eigenvalue weighted by molar-refractivity contribution is 6.30. The van der Waals surface area contributed by atoms with Crippen LogP contribution in [-0.4, -0.2) is 17.2 Å². The average Bonchev–Trinajstić information content (AvgIpc) is 2.38. The van der Waals surface area contributed by atoms with Gasteiger partial charge in [-0.05, 0) is 25.1 Å². The molecule has 0 aliphatic carbocycles. The summed E-state index contributed by atoms with van der Waals surface area (Å²) in [5.41, 5.74) is 2.31. The first-order valence-electron chi connectivity index (χ1n) is 5.56. The maximum atomic E-state index is 10.3. The van der Waals surface area contributed by atoms with E-state index in [1.165, 1.54) is 0 Å². The molecule has 0 saturated carbocycles. The summed E-state index contributed by atoms with van der Waals surface area (Å²) in [5, 5.41) is 10.9. The molecule has 0 fully saturated rings. The van der Waals surface area contributed by atoms with Gasteiger partial charge in [0.05, 0.1) is 7.11 Å². The molecule has 1 aromatic heterocycles. The number of ether oxygens (including phenoxy) is 1. The number of aliphatic hydroxyl groups is 1. The van der Waals surface area contributed by atoms with Crippen molar-refractivity contribution >= 4 is 11.6 Å². The van der Waals surface area contributed by atoms with Crippen molar-refractivity contribution in [3.05, 3.63) is 58.4 Å². The van der Waals surface area contributed by atoms with Crippen molar-refractivity contribution in [2.24, 2.45) is 0 Å². The molecule has 1 N–H and O–H groups in total. The Balaban J connectivity index is 2.39. The van der Waals surface area contributed by atoms with Gasteiger partial charge in [-0.25, -0.2) is 0 Å². The Labute approximate surface area is 111 Å². The lowest BCUT2D eigenvalue weighted by atomic mass is 10.0. The summed E-state index contributed by atoms with van der Waals surface area (Å²) in [6, 6.07) is 8.87. The number of pyridine rings is 1. The van der Waals surface area contributed by atoms with E-state index in [1.807, 2.05) is 19.1 Å². The lowest BCUT2D eigenvalue weighted by molar-refractivity contribution is 0.214. The number of halogens is 1. The molecule has 94 valence electrons. The van der Waals surface area contributed by atoms with Crippen LogP contribution in [0.3, 0.4) is 0 Å². The smallest absolute Gasteiger partial charge is 0.126 e. The summed E-state index contributed by atoms with van der Waals surface area (Å²) >= 11 is 5.89. The molecule has 1 atom stereocenters. The second-order valence-corrected chi connectivity index (χ2v) is 4.46. The average molecular weight is 264 g/mol. The van der Waals surface area contributed by atoms with Crippen LogP contribution < -0.4 is 4.74 Å². The van der Waals surface area contributed by atoms with E-state index in [1.54, 1.807) is 31.5 Å². The predicted molar refractivity (Wildman–Crippen MR) is 71.0 cm³/mol. The number of benzene rings is 1. The van der Waals surface area contributed by atoms with Gasteiger partial charge >= 0.3 is 0 Å². The Kier molecular flexibility index (Phi) is 3.84. The number of nitrogens with zero attached hydrogens (tertiary/aromatic N) is 1. The van der Waals surface area contributed by atoms with Crippen molar-refractivity contribution in [3.63, 3.8) is 0 Å². The van der Waals surface area contributed by atoms with Crippen LogP contribution in [0.2, 0.25) is 5.02 Å². The molecule has 0 saturated heterocycles. The zero-order chi connectivity index (χ0) is 13.1. The van der Waals surface area contributed by atoms with E-state index >= 15 is 0 Å². The van der Waals surface area contributed by atoms with E-state index in [0.717, 1.165) is 11.3 Å². The molecular formula is C14H14ClNO2. The van der Waals surface area contributed by atoms with Crippen molar-refractivity contribution < 1.29 is 9.84 Å². The van der Waals surface area contributed by atoms with Gasteiger partial charge in [0, 0.05) is 28.0 Å². The van der Waals surface area contributed by atoms with Crippen LogP contribution in [0.4, 0.5) is 0 Å². The second kappa shape index (κ2) is 5.38. The molecular weight excluding hydrogens is 250 g/mol. The van der Waals surface area contributed by atoms with Gasteiger partial charge in [0.1, 0.15) is 11.9 Å². The Bertz CT molecular complexity index is 540. The molecule has 18 heavy (non-hydrogen) atoms. The molecule has 2 rings (SSSR count). The molecule has 0 amide bonds. The molecule has 4 heteroatoms. The van der Waals surface area contributed by atoms with Gasteiger partial charge in [0.25, 0.3) is 0 Å². The Morgan fingerprint density at radius 2 is 2.06 bits per heavy atom. The number of aliphatic hydroxyl groups excluding tert-OH is 1. The quantitative estimate of drug-likeness (QED) is 0.925. The van der Waals surface area contributed by atoms with E-state index in [2.05, 4.69) is 4.98 Å². The van der Waals surface area contributed by atoms with Crippen molar-refractivity contribution in [3.8, 4) is 5.75 Å². The zero-order valence-electron chi connectivity index (χ0n) is 10.2. The number of hydrogen-bond acceptors (Lipinski definition) is 3. The maximum Gasteiger partial charge on any atom is 0.126 e. The van der Waals surface area contributed by atoms with Crippen LogP contribution in [0.15, 0.2) is 36.5 Å². The fourth-order valence-corrected chi connectivity index (χ4v) is 1.89. The highest BCUT2D eigenvalue weighted by Gasteiger charge is 2.15. The molecule has 1 heterocycles. The van der Waals surface area contributed by atoms with Crippen LogP contribution in [0.1, 0.15) is 22.9 Å². The van der Waals surface area contributed by atoms with Gasteiger partial charge in [-0.3, -0.25) is 4.98 Å². The minimum absolute atomic E-state index is 0.565. The fourth-order valence-electron chi connectivity index (χ4n) is 1.73. The SMILES string of the molecule is COc1cc(Cl)ccc1C(O)c1ccc(C)nc1. The second-order valence-electron chi connectivity index (χ2n) is 4.02. The third-order valence-corrected chi connectivity index (χ3v) is 2.98. The normalized spacial score (nSPS) is 12.2. The molecule has 1 aromatic carbocycles. The standard InChI is InChI=1S/C14H14ClNO2/c1-9-3-4-10(8-16-9)14(17)12-6-5-11(15)7-13(12)18-2/h3-8,14,17H,1-2H3. The zero-order valence-corrected chi connectivity index (χ0v) is 11.0. The number of methoxy groups -OCH3 is 1. The number of hydrogen-bond donors (Lipinski definition) is 1. The summed E-state index contributed by atoms with van der Waals surface area (Å²) in [6.45, 7) is 1.90. The van der Waals surface area contributed by atoms with Crippen molar-refractivity contribution in [2.75, 3.05) is 7.11 Å². The van der Waals surface area contributed by atoms with Gasteiger partial charge in [0.15, 0.2) is 0 Å². The first kappa shape index (κ1) is 12.9. The molecule has 0 aliphatic rings. The Morgan fingerprint density at radius 1 is 1.28 bits per heavy atom. The molecule has 0 spiro atoms. The first-order valence-corrected chi connectivity index (χ1v) is 5.93. The van der Waals surface area contributed by atoms with Crippen molar-refractivity contribution in [2.45, 2.75) is 13.0 Å². The van der Waals surface area contributed by atoms with E-state index < -0.39 is 6.10 Å². The highest BCUT2D eigenvalue weighted by Crippen LogP contribution is 2.31. The monoisotopic (exact) mass is 263 g/mol. The van der Waals surface area contributed by atoms with Crippen molar-refractivity contribution in [1.29, 1.82) is 0 Å².